The summed E-state index contributed by atoms with van der Waals surface area (Å²) in [5.74, 6) is -0.0876. The first-order valence-corrected chi connectivity index (χ1v) is 9.31. The summed E-state index contributed by atoms with van der Waals surface area (Å²) in [6, 6.07) is 8.78. The number of hydrogen-bond donors (Lipinski definition) is 5. The zero-order valence-corrected chi connectivity index (χ0v) is 15.4. The molecule has 0 amide bonds. The maximum Gasteiger partial charge on any atom is 0.197 e. The largest absolute Gasteiger partial charge is 0.508 e. The van der Waals surface area contributed by atoms with Gasteiger partial charge in [0.2, 0.25) is 0 Å². The van der Waals surface area contributed by atoms with Gasteiger partial charge in [0.25, 0.3) is 0 Å². The van der Waals surface area contributed by atoms with Crippen LogP contribution in [0.15, 0.2) is 45.6 Å². The molecule has 156 valence electrons. The van der Waals surface area contributed by atoms with Gasteiger partial charge in [-0.05, 0) is 12.1 Å². The number of ether oxygens (including phenoxy) is 2. The SMILES string of the molecule is O=c1cc(-c2cccc(O)c2)oc2cc3c(c(O)c12)C1O[C@H](CO)[C@@H](O)[C@H](O)[C@@H]1O3. The van der Waals surface area contributed by atoms with Crippen LogP contribution in [0, 0.1) is 0 Å². The zero-order chi connectivity index (χ0) is 21.2. The van der Waals surface area contributed by atoms with Crippen LogP contribution in [-0.2, 0) is 4.74 Å². The molecule has 30 heavy (non-hydrogen) atoms. The van der Waals surface area contributed by atoms with E-state index in [0.29, 0.717) is 5.56 Å². The van der Waals surface area contributed by atoms with Crippen molar-refractivity contribution < 1.29 is 39.4 Å². The van der Waals surface area contributed by atoms with Gasteiger partial charge < -0.3 is 39.4 Å². The average Bonchev–Trinajstić information content (AvgIpc) is 3.09. The Morgan fingerprint density at radius 1 is 1.03 bits per heavy atom. The van der Waals surface area contributed by atoms with Crippen LogP contribution < -0.4 is 10.2 Å². The fraction of sp³-hybridized carbons (Fsp3) is 0.286. The van der Waals surface area contributed by atoms with Crippen molar-refractivity contribution in [1.82, 2.24) is 0 Å². The number of aliphatic hydroxyl groups is 3. The van der Waals surface area contributed by atoms with E-state index in [1.54, 1.807) is 12.1 Å². The van der Waals surface area contributed by atoms with Crippen LogP contribution in [0.4, 0.5) is 0 Å². The van der Waals surface area contributed by atoms with E-state index in [4.69, 9.17) is 13.9 Å². The summed E-state index contributed by atoms with van der Waals surface area (Å²) in [4.78, 5) is 12.8. The van der Waals surface area contributed by atoms with Crippen LogP contribution >= 0.6 is 0 Å². The van der Waals surface area contributed by atoms with E-state index < -0.39 is 48.3 Å². The first-order chi connectivity index (χ1) is 14.4. The molecule has 1 fully saturated rings. The van der Waals surface area contributed by atoms with Gasteiger partial charge in [-0.1, -0.05) is 12.1 Å². The number of aromatic hydroxyl groups is 2. The number of hydrogen-bond acceptors (Lipinski definition) is 9. The van der Waals surface area contributed by atoms with Gasteiger partial charge in [-0.15, -0.1) is 0 Å². The van der Waals surface area contributed by atoms with Crippen molar-refractivity contribution in [2.75, 3.05) is 6.61 Å². The molecule has 3 heterocycles. The molecule has 3 aromatic rings. The average molecular weight is 414 g/mol. The molecule has 2 aliphatic rings. The second kappa shape index (κ2) is 6.71. The standard InChI is InChI=1S/C21H18O9/c22-7-14-17(25)19(27)21-20(30-14)16-13(29-21)6-12-15(18(16)26)10(24)5-11(28-12)8-2-1-3-9(23)4-8/h1-6,14,17,19-23,25-27H,7H2/t14-,17-,19+,20?,21+/m1/s1. The van der Waals surface area contributed by atoms with Gasteiger partial charge in [0.15, 0.2) is 11.5 Å². The molecular weight excluding hydrogens is 396 g/mol. The van der Waals surface area contributed by atoms with Crippen molar-refractivity contribution >= 4 is 11.0 Å². The fourth-order valence-corrected chi connectivity index (χ4v) is 4.07. The smallest absolute Gasteiger partial charge is 0.197 e. The summed E-state index contributed by atoms with van der Waals surface area (Å²) < 4.78 is 17.1. The molecule has 0 spiro atoms. The molecule has 0 radical (unpaired) electrons. The summed E-state index contributed by atoms with van der Waals surface area (Å²) in [5, 5.41) is 50.3. The Hall–Kier alpha value is -3.11. The van der Waals surface area contributed by atoms with Crippen molar-refractivity contribution in [1.29, 1.82) is 0 Å². The van der Waals surface area contributed by atoms with Crippen LogP contribution in [0.25, 0.3) is 22.3 Å². The number of phenolic OH excluding ortho intramolecular Hbond substituents is 2. The molecule has 0 bridgehead atoms. The molecule has 5 atom stereocenters. The molecule has 0 saturated carbocycles. The molecule has 2 aromatic carbocycles. The van der Waals surface area contributed by atoms with Crippen molar-refractivity contribution in [2.45, 2.75) is 30.5 Å². The molecule has 0 aliphatic carbocycles. The highest BCUT2D eigenvalue weighted by Gasteiger charge is 2.52. The Morgan fingerprint density at radius 3 is 2.57 bits per heavy atom. The van der Waals surface area contributed by atoms with Crippen LogP contribution in [0.1, 0.15) is 11.7 Å². The Morgan fingerprint density at radius 2 is 1.83 bits per heavy atom. The number of phenols is 2. The lowest BCUT2D eigenvalue weighted by Crippen LogP contribution is -2.55. The predicted octanol–water partition coefficient (Wildman–Crippen LogP) is 0.786. The maximum atomic E-state index is 12.8. The molecule has 1 unspecified atom stereocenters. The lowest BCUT2D eigenvalue weighted by molar-refractivity contribution is -0.215. The zero-order valence-electron chi connectivity index (χ0n) is 15.4. The highest BCUT2D eigenvalue weighted by molar-refractivity contribution is 5.88. The molecule has 5 N–H and O–H groups in total. The van der Waals surface area contributed by atoms with Crippen molar-refractivity contribution in [3.63, 3.8) is 0 Å². The van der Waals surface area contributed by atoms with Gasteiger partial charge in [-0.2, -0.15) is 0 Å². The van der Waals surface area contributed by atoms with Gasteiger partial charge >= 0.3 is 0 Å². The maximum absolute atomic E-state index is 12.8. The van der Waals surface area contributed by atoms with E-state index in [-0.39, 0.29) is 33.8 Å². The van der Waals surface area contributed by atoms with Gasteiger partial charge in [0, 0.05) is 17.7 Å². The minimum Gasteiger partial charge on any atom is -0.508 e. The molecular formula is C21H18O9. The molecule has 9 nitrogen and oxygen atoms in total. The minimum absolute atomic E-state index is 0.00240. The monoisotopic (exact) mass is 414 g/mol. The first kappa shape index (κ1) is 18.9. The van der Waals surface area contributed by atoms with E-state index in [0.717, 1.165) is 0 Å². The topological polar surface area (TPSA) is 150 Å². The van der Waals surface area contributed by atoms with E-state index in [2.05, 4.69) is 0 Å². The van der Waals surface area contributed by atoms with Gasteiger partial charge in [0.05, 0.1) is 12.2 Å². The van der Waals surface area contributed by atoms with E-state index >= 15 is 0 Å². The summed E-state index contributed by atoms with van der Waals surface area (Å²) in [6.07, 6.45) is -5.83. The van der Waals surface area contributed by atoms with E-state index in [9.17, 15) is 30.3 Å². The van der Waals surface area contributed by atoms with Crippen LogP contribution in [0.2, 0.25) is 0 Å². The lowest BCUT2D eigenvalue weighted by Gasteiger charge is -2.38. The Labute approximate surface area is 169 Å². The van der Waals surface area contributed by atoms with Crippen molar-refractivity contribution in [2.24, 2.45) is 0 Å². The highest BCUT2D eigenvalue weighted by atomic mass is 16.6. The highest BCUT2D eigenvalue weighted by Crippen LogP contribution is 2.50. The summed E-state index contributed by atoms with van der Waals surface area (Å²) >= 11 is 0. The normalized spacial score (nSPS) is 27.5. The summed E-state index contributed by atoms with van der Waals surface area (Å²) in [7, 11) is 0. The van der Waals surface area contributed by atoms with E-state index in [1.165, 1.54) is 24.3 Å². The second-order valence-electron chi connectivity index (χ2n) is 7.38. The Bertz CT molecular complexity index is 1200. The van der Waals surface area contributed by atoms with Crippen LogP contribution in [0.5, 0.6) is 17.2 Å². The van der Waals surface area contributed by atoms with Crippen molar-refractivity contribution in [3.8, 4) is 28.6 Å². The van der Waals surface area contributed by atoms with Gasteiger partial charge in [0.1, 0.15) is 58.4 Å². The molecule has 1 aromatic heterocycles. The number of benzene rings is 2. The number of rotatable bonds is 2. The van der Waals surface area contributed by atoms with E-state index in [1.807, 2.05) is 0 Å². The summed E-state index contributed by atoms with van der Waals surface area (Å²) in [5.41, 5.74) is 0.142. The minimum atomic E-state index is -1.38. The third kappa shape index (κ3) is 2.67. The van der Waals surface area contributed by atoms with Crippen LogP contribution in [-0.4, -0.2) is 56.6 Å². The first-order valence-electron chi connectivity index (χ1n) is 9.31. The molecule has 9 heteroatoms. The predicted molar refractivity (Wildman–Crippen MR) is 102 cm³/mol. The number of fused-ring (bicyclic) bond motifs is 4. The summed E-state index contributed by atoms with van der Waals surface area (Å²) in [6.45, 7) is -0.541. The van der Waals surface area contributed by atoms with Crippen LogP contribution in [0.3, 0.4) is 0 Å². The second-order valence-corrected chi connectivity index (χ2v) is 7.38. The quantitative estimate of drug-likeness (QED) is 0.410. The molecule has 1 saturated heterocycles. The Kier molecular flexibility index (Phi) is 4.23. The van der Waals surface area contributed by atoms with Gasteiger partial charge in [-0.3, -0.25) is 4.79 Å². The fourth-order valence-electron chi connectivity index (χ4n) is 4.07. The third-order valence-electron chi connectivity index (χ3n) is 5.54. The van der Waals surface area contributed by atoms with Gasteiger partial charge in [-0.25, -0.2) is 0 Å². The lowest BCUT2D eigenvalue weighted by atomic mass is 9.92. The molecule has 5 rings (SSSR count). The third-order valence-corrected chi connectivity index (χ3v) is 5.54. The van der Waals surface area contributed by atoms with Crippen molar-refractivity contribution in [3.05, 3.63) is 52.2 Å². The Balaban J connectivity index is 1.67. The number of aliphatic hydroxyl groups excluding tert-OH is 3. The molecule has 2 aliphatic heterocycles.